The first-order chi connectivity index (χ1) is 13.2. The number of thioether (sulfide) groups is 1. The average Bonchev–Trinajstić information content (AvgIpc) is 2.82. The van der Waals surface area contributed by atoms with Crippen molar-refractivity contribution >= 4 is 17.4 Å². The number of hydrogen-bond acceptors (Lipinski definition) is 6. The second kappa shape index (κ2) is 7.89. The number of fused-ring (bicyclic) bond motifs is 3. The van der Waals surface area contributed by atoms with Gasteiger partial charge in [-0.2, -0.15) is 4.98 Å². The molecule has 0 amide bonds. The molecule has 0 saturated heterocycles. The summed E-state index contributed by atoms with van der Waals surface area (Å²) in [7, 11) is 0. The van der Waals surface area contributed by atoms with E-state index in [-0.39, 0.29) is 6.23 Å². The highest BCUT2D eigenvalue weighted by atomic mass is 32.2. The molecule has 2 aliphatic rings. The molecule has 0 bridgehead atoms. The minimum absolute atomic E-state index is 0.132. The number of hydrogen-bond donors (Lipinski definition) is 1. The SMILES string of the molecule is CCCSc1nnc2c(n1)O[C@@H]([C@@H]1CC=C(C)C[C@@H]1C)Nc1ccccc1-2. The fourth-order valence-corrected chi connectivity index (χ4v) is 4.48. The number of nitrogens with zero attached hydrogens (tertiary/aromatic N) is 3. The van der Waals surface area contributed by atoms with Crippen LogP contribution in [0.15, 0.2) is 41.1 Å². The maximum absolute atomic E-state index is 6.44. The Balaban J connectivity index is 1.72. The van der Waals surface area contributed by atoms with Crippen LogP contribution in [-0.2, 0) is 0 Å². The molecule has 142 valence electrons. The molecule has 0 fully saturated rings. The zero-order valence-electron chi connectivity index (χ0n) is 16.1. The van der Waals surface area contributed by atoms with Crippen LogP contribution in [0, 0.1) is 11.8 Å². The van der Waals surface area contributed by atoms with Crippen LogP contribution in [0.1, 0.15) is 40.0 Å². The van der Waals surface area contributed by atoms with Crippen molar-refractivity contribution in [2.24, 2.45) is 11.8 Å². The van der Waals surface area contributed by atoms with Gasteiger partial charge in [-0.05, 0) is 38.2 Å². The molecular formula is C21H26N4OS. The van der Waals surface area contributed by atoms with Gasteiger partial charge in [-0.1, -0.05) is 55.5 Å². The summed E-state index contributed by atoms with van der Waals surface area (Å²) in [6.45, 7) is 6.67. The van der Waals surface area contributed by atoms with Crippen molar-refractivity contribution in [3.05, 3.63) is 35.9 Å². The van der Waals surface area contributed by atoms with Crippen LogP contribution in [0.25, 0.3) is 11.3 Å². The van der Waals surface area contributed by atoms with Crippen molar-refractivity contribution in [3.63, 3.8) is 0 Å². The summed E-state index contributed by atoms with van der Waals surface area (Å²) in [5, 5.41) is 13.1. The lowest BCUT2D eigenvalue weighted by Crippen LogP contribution is -2.39. The molecule has 0 saturated carbocycles. The molecule has 0 radical (unpaired) electrons. The van der Waals surface area contributed by atoms with Gasteiger partial charge in [0.05, 0.1) is 0 Å². The first-order valence-corrected chi connectivity index (χ1v) is 10.7. The second-order valence-electron chi connectivity index (χ2n) is 7.46. The van der Waals surface area contributed by atoms with E-state index in [4.69, 9.17) is 9.72 Å². The van der Waals surface area contributed by atoms with Gasteiger partial charge in [0.25, 0.3) is 0 Å². The Hall–Kier alpha value is -2.08. The van der Waals surface area contributed by atoms with Crippen molar-refractivity contribution in [1.29, 1.82) is 0 Å². The van der Waals surface area contributed by atoms with Crippen LogP contribution >= 0.6 is 11.8 Å². The van der Waals surface area contributed by atoms with Gasteiger partial charge < -0.3 is 10.1 Å². The first-order valence-electron chi connectivity index (χ1n) is 9.71. The smallest absolute Gasteiger partial charge is 0.247 e. The molecule has 1 aromatic carbocycles. The van der Waals surface area contributed by atoms with Gasteiger partial charge in [-0.25, -0.2) is 0 Å². The Morgan fingerprint density at radius 3 is 2.93 bits per heavy atom. The van der Waals surface area contributed by atoms with Crippen LogP contribution in [0.3, 0.4) is 0 Å². The van der Waals surface area contributed by atoms with Gasteiger partial charge >= 0.3 is 0 Å². The molecule has 27 heavy (non-hydrogen) atoms. The molecule has 1 aromatic heterocycles. The third-order valence-electron chi connectivity index (χ3n) is 5.29. The number of nitrogens with one attached hydrogen (secondary N) is 1. The van der Waals surface area contributed by atoms with E-state index < -0.39 is 0 Å². The fraction of sp³-hybridized carbons (Fsp3) is 0.476. The molecule has 1 aliphatic carbocycles. The summed E-state index contributed by atoms with van der Waals surface area (Å²) in [4.78, 5) is 4.71. The van der Waals surface area contributed by atoms with Gasteiger partial charge in [0.2, 0.25) is 11.0 Å². The van der Waals surface area contributed by atoms with Gasteiger partial charge in [0.15, 0.2) is 11.9 Å². The van der Waals surface area contributed by atoms with Crippen LogP contribution < -0.4 is 10.1 Å². The van der Waals surface area contributed by atoms with Crippen molar-refractivity contribution in [2.75, 3.05) is 11.1 Å². The average molecular weight is 383 g/mol. The van der Waals surface area contributed by atoms with Crippen LogP contribution in [0.4, 0.5) is 5.69 Å². The van der Waals surface area contributed by atoms with Crippen LogP contribution in [0.2, 0.25) is 0 Å². The topological polar surface area (TPSA) is 59.9 Å². The second-order valence-corrected chi connectivity index (χ2v) is 8.52. The zero-order chi connectivity index (χ0) is 18.8. The Kier molecular flexibility index (Phi) is 5.34. The van der Waals surface area contributed by atoms with E-state index in [1.807, 2.05) is 12.1 Å². The predicted molar refractivity (Wildman–Crippen MR) is 110 cm³/mol. The summed E-state index contributed by atoms with van der Waals surface area (Å²) >= 11 is 1.62. The number of rotatable bonds is 4. The normalized spacial score (nSPS) is 24.0. The standard InChI is InChI=1S/C21H26N4OS/c1-4-11-27-21-23-20-18(24-25-21)16-7-5-6-8-17(16)22-19(26-20)15-10-9-13(2)12-14(15)3/h5-9,14-15,19,22H,4,10-12H2,1-3H3/t14-,15+,19-/m0/s1. The molecule has 2 aromatic rings. The molecule has 4 rings (SSSR count). The summed E-state index contributed by atoms with van der Waals surface area (Å²) in [6, 6.07) is 8.18. The molecule has 3 atom stereocenters. The lowest BCUT2D eigenvalue weighted by atomic mass is 9.80. The quantitative estimate of drug-likeness (QED) is 0.582. The highest BCUT2D eigenvalue weighted by Crippen LogP contribution is 2.40. The number of para-hydroxylation sites is 1. The first kappa shape index (κ1) is 18.3. The van der Waals surface area contributed by atoms with Crippen molar-refractivity contribution in [2.45, 2.75) is 51.4 Å². The summed E-state index contributed by atoms with van der Waals surface area (Å²) in [6.07, 6.45) is 5.41. The lowest BCUT2D eigenvalue weighted by molar-refractivity contribution is 0.114. The van der Waals surface area contributed by atoms with E-state index in [2.05, 4.69) is 54.5 Å². The maximum atomic E-state index is 6.44. The number of ether oxygens (including phenoxy) is 1. The van der Waals surface area contributed by atoms with Gasteiger partial charge in [-0.15, -0.1) is 10.2 Å². The van der Waals surface area contributed by atoms with Crippen molar-refractivity contribution in [1.82, 2.24) is 15.2 Å². The molecule has 5 nitrogen and oxygen atoms in total. The fourth-order valence-electron chi connectivity index (χ4n) is 3.85. The molecule has 2 heterocycles. The van der Waals surface area contributed by atoms with Crippen molar-refractivity contribution in [3.8, 4) is 17.1 Å². The largest absolute Gasteiger partial charge is 0.452 e. The zero-order valence-corrected chi connectivity index (χ0v) is 16.9. The molecular weight excluding hydrogens is 356 g/mol. The van der Waals surface area contributed by atoms with Gasteiger partial charge in [0, 0.05) is 22.9 Å². The lowest BCUT2D eigenvalue weighted by Gasteiger charge is -2.34. The Morgan fingerprint density at radius 1 is 1.26 bits per heavy atom. The van der Waals surface area contributed by atoms with Gasteiger partial charge in [-0.3, -0.25) is 0 Å². The molecule has 1 aliphatic heterocycles. The highest BCUT2D eigenvalue weighted by Gasteiger charge is 2.34. The monoisotopic (exact) mass is 382 g/mol. The van der Waals surface area contributed by atoms with E-state index in [0.717, 1.165) is 42.0 Å². The molecule has 0 unspecified atom stereocenters. The molecule has 0 spiro atoms. The number of benzene rings is 1. The van der Waals surface area contributed by atoms with Crippen LogP contribution in [-0.4, -0.2) is 27.2 Å². The third-order valence-corrected chi connectivity index (χ3v) is 6.33. The van der Waals surface area contributed by atoms with E-state index >= 15 is 0 Å². The minimum atomic E-state index is -0.132. The summed E-state index contributed by atoms with van der Waals surface area (Å²) in [5.41, 5.74) is 4.22. The van der Waals surface area contributed by atoms with Crippen LogP contribution in [0.5, 0.6) is 5.88 Å². The van der Waals surface area contributed by atoms with Crippen molar-refractivity contribution < 1.29 is 4.74 Å². The Bertz CT molecular complexity index is 854. The van der Waals surface area contributed by atoms with E-state index in [0.29, 0.717) is 22.9 Å². The van der Waals surface area contributed by atoms with Gasteiger partial charge in [0.1, 0.15) is 0 Å². The minimum Gasteiger partial charge on any atom is -0.452 e. The number of aromatic nitrogens is 3. The number of allylic oxidation sites excluding steroid dienone is 2. The predicted octanol–water partition coefficient (Wildman–Crippen LogP) is 5.16. The van der Waals surface area contributed by atoms with E-state index in [1.165, 1.54) is 5.57 Å². The van der Waals surface area contributed by atoms with E-state index in [1.54, 1.807) is 11.8 Å². The van der Waals surface area contributed by atoms with E-state index in [9.17, 15) is 0 Å². The molecule has 6 heteroatoms. The Labute approximate surface area is 165 Å². The highest BCUT2D eigenvalue weighted by molar-refractivity contribution is 7.99. The summed E-state index contributed by atoms with van der Waals surface area (Å²) in [5.74, 6) is 2.49. The summed E-state index contributed by atoms with van der Waals surface area (Å²) < 4.78 is 6.44. The Morgan fingerprint density at radius 2 is 2.11 bits per heavy atom. The molecule has 1 N–H and O–H groups in total. The maximum Gasteiger partial charge on any atom is 0.247 e. The number of anilines is 1. The third kappa shape index (κ3) is 3.81.